The molecule has 1 aromatic carbocycles. The minimum Gasteiger partial charge on any atom is -0.497 e. The Hall–Kier alpha value is -3.46. The molecule has 0 aliphatic rings. The molecular weight excluding hydrogens is 420 g/mol. The van der Waals surface area contributed by atoms with Gasteiger partial charge in [-0.3, -0.25) is 9.69 Å². The molecule has 0 fully saturated rings. The van der Waals surface area contributed by atoms with E-state index in [1.807, 2.05) is 41.1 Å². The van der Waals surface area contributed by atoms with Crippen LogP contribution in [0.2, 0.25) is 0 Å². The van der Waals surface area contributed by atoms with E-state index < -0.39 is 0 Å². The van der Waals surface area contributed by atoms with Crippen LogP contribution < -0.4 is 10.3 Å². The van der Waals surface area contributed by atoms with Crippen molar-refractivity contribution in [2.45, 2.75) is 58.8 Å². The Kier molecular flexibility index (Phi) is 6.33. The Morgan fingerprint density at radius 3 is 2.70 bits per heavy atom. The first-order valence-corrected chi connectivity index (χ1v) is 11.0. The van der Waals surface area contributed by atoms with E-state index in [1.54, 1.807) is 13.4 Å². The lowest BCUT2D eigenvalue weighted by Crippen LogP contribution is -2.35. The SMILES string of the molecule is CCC(c1nnnn1C(C)(C)C)N(Cc1ccco1)Cc1cc2cc(OC)ccc2[nH]c1=O. The molecule has 1 N–H and O–H groups in total. The molecule has 9 heteroatoms. The molecule has 1 unspecified atom stereocenters. The highest BCUT2D eigenvalue weighted by atomic mass is 16.5. The first-order chi connectivity index (χ1) is 15.8. The summed E-state index contributed by atoms with van der Waals surface area (Å²) in [5.74, 6) is 2.31. The van der Waals surface area contributed by atoms with Gasteiger partial charge in [0.25, 0.3) is 5.56 Å². The smallest absolute Gasteiger partial charge is 0.252 e. The van der Waals surface area contributed by atoms with Crippen LogP contribution in [-0.4, -0.2) is 37.2 Å². The second-order valence-electron chi connectivity index (χ2n) is 9.10. The quantitative estimate of drug-likeness (QED) is 0.432. The van der Waals surface area contributed by atoms with Gasteiger partial charge in [-0.15, -0.1) is 5.10 Å². The van der Waals surface area contributed by atoms with Crippen molar-refractivity contribution in [1.82, 2.24) is 30.1 Å². The van der Waals surface area contributed by atoms with Gasteiger partial charge in [-0.25, -0.2) is 4.68 Å². The molecule has 0 amide bonds. The number of nitrogens with zero attached hydrogens (tertiary/aromatic N) is 5. The first-order valence-electron chi connectivity index (χ1n) is 11.0. The monoisotopic (exact) mass is 450 g/mol. The molecule has 4 rings (SSSR count). The van der Waals surface area contributed by atoms with Crippen LogP contribution in [0.25, 0.3) is 10.9 Å². The van der Waals surface area contributed by atoms with E-state index in [1.165, 1.54) is 0 Å². The number of aromatic amines is 1. The largest absolute Gasteiger partial charge is 0.497 e. The number of furan rings is 1. The molecule has 0 saturated carbocycles. The molecule has 4 aromatic rings. The maximum Gasteiger partial charge on any atom is 0.252 e. The number of nitrogens with one attached hydrogen (secondary N) is 1. The van der Waals surface area contributed by atoms with Crippen molar-refractivity contribution in [2.75, 3.05) is 7.11 Å². The maximum absolute atomic E-state index is 13.0. The molecule has 0 aliphatic carbocycles. The maximum atomic E-state index is 13.0. The van der Waals surface area contributed by atoms with Gasteiger partial charge in [0.15, 0.2) is 5.82 Å². The number of hydrogen-bond acceptors (Lipinski definition) is 7. The number of benzene rings is 1. The fourth-order valence-corrected chi connectivity index (χ4v) is 4.06. The third-order valence-electron chi connectivity index (χ3n) is 5.70. The summed E-state index contributed by atoms with van der Waals surface area (Å²) in [6.45, 7) is 9.21. The number of H-pyrrole nitrogens is 1. The Morgan fingerprint density at radius 1 is 1.21 bits per heavy atom. The second-order valence-corrected chi connectivity index (χ2v) is 9.10. The molecule has 174 valence electrons. The number of pyridine rings is 1. The number of hydrogen-bond donors (Lipinski definition) is 1. The van der Waals surface area contributed by atoms with Gasteiger partial charge in [0, 0.05) is 23.0 Å². The summed E-state index contributed by atoms with van der Waals surface area (Å²) in [4.78, 5) is 18.1. The van der Waals surface area contributed by atoms with Crippen LogP contribution >= 0.6 is 0 Å². The van der Waals surface area contributed by atoms with Gasteiger partial charge in [-0.05, 0) is 74.0 Å². The van der Waals surface area contributed by atoms with E-state index >= 15 is 0 Å². The fourth-order valence-electron chi connectivity index (χ4n) is 4.06. The zero-order valence-electron chi connectivity index (χ0n) is 19.7. The fraction of sp³-hybridized carbons (Fsp3) is 0.417. The van der Waals surface area contributed by atoms with Crippen molar-refractivity contribution in [1.29, 1.82) is 0 Å². The molecular formula is C24H30N6O3. The molecule has 1 atom stereocenters. The van der Waals surface area contributed by atoms with Crippen molar-refractivity contribution < 1.29 is 9.15 Å². The summed E-state index contributed by atoms with van der Waals surface area (Å²) in [6, 6.07) is 11.2. The van der Waals surface area contributed by atoms with Crippen molar-refractivity contribution in [3.63, 3.8) is 0 Å². The van der Waals surface area contributed by atoms with E-state index in [0.717, 1.165) is 34.7 Å². The lowest BCUT2D eigenvalue weighted by atomic mass is 10.1. The predicted molar refractivity (Wildman–Crippen MR) is 125 cm³/mol. The Balaban J connectivity index is 1.76. The van der Waals surface area contributed by atoms with E-state index in [4.69, 9.17) is 9.15 Å². The predicted octanol–water partition coefficient (Wildman–Crippen LogP) is 4.02. The topological polar surface area (TPSA) is 102 Å². The molecule has 3 heterocycles. The van der Waals surface area contributed by atoms with E-state index in [9.17, 15) is 4.79 Å². The van der Waals surface area contributed by atoms with Crippen molar-refractivity contribution in [2.24, 2.45) is 0 Å². The summed E-state index contributed by atoms with van der Waals surface area (Å²) in [6.07, 6.45) is 2.42. The molecule has 0 aliphatic heterocycles. The van der Waals surface area contributed by atoms with Gasteiger partial charge in [0.1, 0.15) is 11.5 Å². The molecule has 33 heavy (non-hydrogen) atoms. The molecule has 0 saturated heterocycles. The summed E-state index contributed by atoms with van der Waals surface area (Å²) in [5.41, 5.74) is 1.02. The summed E-state index contributed by atoms with van der Waals surface area (Å²) < 4.78 is 12.8. The van der Waals surface area contributed by atoms with Gasteiger partial charge in [0.05, 0.1) is 31.5 Å². The van der Waals surface area contributed by atoms with E-state index in [-0.39, 0.29) is 17.1 Å². The van der Waals surface area contributed by atoms with Crippen LogP contribution in [0.15, 0.2) is 51.9 Å². The van der Waals surface area contributed by atoms with Crippen molar-refractivity contribution >= 4 is 10.9 Å². The zero-order valence-corrected chi connectivity index (χ0v) is 19.7. The lowest BCUT2D eigenvalue weighted by molar-refractivity contribution is 0.142. The van der Waals surface area contributed by atoms with Crippen LogP contribution in [0.3, 0.4) is 0 Å². The second kappa shape index (κ2) is 9.19. The van der Waals surface area contributed by atoms with Gasteiger partial charge >= 0.3 is 0 Å². The summed E-state index contributed by atoms with van der Waals surface area (Å²) in [7, 11) is 1.63. The average Bonchev–Trinajstić information content (AvgIpc) is 3.46. The lowest BCUT2D eigenvalue weighted by Gasteiger charge is -2.31. The summed E-state index contributed by atoms with van der Waals surface area (Å²) >= 11 is 0. The Morgan fingerprint density at radius 2 is 2.03 bits per heavy atom. The first kappa shape index (κ1) is 22.7. The third kappa shape index (κ3) is 4.83. The average molecular weight is 451 g/mol. The van der Waals surface area contributed by atoms with Crippen LogP contribution in [0.4, 0.5) is 0 Å². The third-order valence-corrected chi connectivity index (χ3v) is 5.70. The zero-order chi connectivity index (χ0) is 23.6. The van der Waals surface area contributed by atoms with Crippen LogP contribution in [0.1, 0.15) is 57.3 Å². The standard InChI is InChI=1S/C24H30N6O3/c1-6-21(22-26-27-28-30(22)24(2,3)4)29(15-19-8-7-11-33-19)14-17-12-16-13-18(32-5)9-10-20(16)25-23(17)31/h7-13,21H,6,14-15H2,1-5H3,(H,25,31). The molecule has 9 nitrogen and oxygen atoms in total. The molecule has 0 radical (unpaired) electrons. The summed E-state index contributed by atoms with van der Waals surface area (Å²) in [5, 5.41) is 13.5. The number of aromatic nitrogens is 5. The Bertz CT molecular complexity index is 1270. The van der Waals surface area contributed by atoms with Gasteiger partial charge in [-0.2, -0.15) is 0 Å². The van der Waals surface area contributed by atoms with Crippen LogP contribution in [0, 0.1) is 0 Å². The number of ether oxygens (including phenoxy) is 1. The highest BCUT2D eigenvalue weighted by Crippen LogP contribution is 2.29. The minimum atomic E-state index is -0.278. The number of fused-ring (bicyclic) bond motifs is 1. The highest BCUT2D eigenvalue weighted by molar-refractivity contribution is 5.80. The Labute approximate surface area is 192 Å². The van der Waals surface area contributed by atoms with Gasteiger partial charge < -0.3 is 14.1 Å². The molecule has 3 aromatic heterocycles. The van der Waals surface area contributed by atoms with E-state index in [2.05, 4.69) is 53.1 Å². The van der Waals surface area contributed by atoms with Gasteiger partial charge in [-0.1, -0.05) is 6.92 Å². The van der Waals surface area contributed by atoms with E-state index in [0.29, 0.717) is 18.7 Å². The minimum absolute atomic E-state index is 0.121. The number of rotatable bonds is 8. The van der Waals surface area contributed by atoms with Crippen molar-refractivity contribution in [3.8, 4) is 5.75 Å². The van der Waals surface area contributed by atoms with Crippen molar-refractivity contribution in [3.05, 3.63) is 70.2 Å². The normalized spacial score (nSPS) is 13.0. The molecule has 0 bridgehead atoms. The number of methoxy groups -OCH3 is 1. The molecule has 0 spiro atoms. The highest BCUT2D eigenvalue weighted by Gasteiger charge is 2.30. The van der Waals surface area contributed by atoms with Gasteiger partial charge in [0.2, 0.25) is 0 Å². The van der Waals surface area contributed by atoms with Crippen LogP contribution in [0.5, 0.6) is 5.75 Å². The van der Waals surface area contributed by atoms with Crippen LogP contribution in [-0.2, 0) is 18.6 Å². The number of tetrazole rings is 1.